The van der Waals surface area contributed by atoms with Crippen molar-refractivity contribution >= 4 is 11.8 Å². The first-order valence-corrected chi connectivity index (χ1v) is 6.60. The van der Waals surface area contributed by atoms with Crippen molar-refractivity contribution in [2.24, 2.45) is 0 Å². The van der Waals surface area contributed by atoms with E-state index >= 15 is 0 Å². The van der Waals surface area contributed by atoms with Gasteiger partial charge in [0.05, 0.1) is 0 Å². The minimum absolute atomic E-state index is 0.283. The van der Waals surface area contributed by atoms with Gasteiger partial charge in [0.1, 0.15) is 12.2 Å². The predicted octanol–water partition coefficient (Wildman–Crippen LogP) is -2.13. The van der Waals surface area contributed by atoms with Gasteiger partial charge in [0.2, 0.25) is 0 Å². The van der Waals surface area contributed by atoms with Crippen molar-refractivity contribution in [3.63, 3.8) is 0 Å². The Morgan fingerprint density at radius 3 is 1.65 bits per heavy atom. The summed E-state index contributed by atoms with van der Waals surface area (Å²) >= 11 is 0. The molecule has 112 valence electrons. The molecular formula is C12H18N2O6. The van der Waals surface area contributed by atoms with E-state index in [1.54, 1.807) is 14.1 Å². The molecule has 3 rings (SSSR count). The molecule has 4 atom stereocenters. The monoisotopic (exact) mass is 286 g/mol. The molecule has 0 spiro atoms. The molecule has 3 fully saturated rings. The van der Waals surface area contributed by atoms with Crippen molar-refractivity contribution in [2.75, 3.05) is 27.2 Å². The van der Waals surface area contributed by atoms with Gasteiger partial charge in [0.15, 0.2) is 0 Å². The Hall–Kier alpha value is -1.22. The number of hydrogen-bond donors (Lipinski definition) is 2. The number of carbonyl (C=O) groups is 2. The lowest BCUT2D eigenvalue weighted by molar-refractivity contribution is -0.408. The highest BCUT2D eigenvalue weighted by Gasteiger charge is 2.65. The molecule has 0 aromatic carbocycles. The first kappa shape index (κ1) is 13.7. The molecule has 2 N–H and O–H groups in total. The van der Waals surface area contributed by atoms with Crippen molar-refractivity contribution in [2.45, 2.75) is 36.6 Å². The van der Waals surface area contributed by atoms with Crippen LogP contribution in [0.5, 0.6) is 0 Å². The molecule has 3 saturated heterocycles. The number of carbonyl (C=O) groups excluding carboxylic acids is 2. The van der Waals surface area contributed by atoms with Crippen molar-refractivity contribution < 1.29 is 29.3 Å². The highest BCUT2D eigenvalue weighted by molar-refractivity contribution is 5.87. The minimum Gasteiger partial charge on any atom is -0.356 e. The lowest BCUT2D eigenvalue weighted by atomic mass is 9.92. The number of amides is 2. The van der Waals surface area contributed by atoms with E-state index in [1.807, 2.05) is 0 Å². The van der Waals surface area contributed by atoms with Gasteiger partial charge in [-0.1, -0.05) is 0 Å². The molecule has 3 aliphatic rings. The Bertz CT molecular complexity index is 429. The Morgan fingerprint density at radius 2 is 1.30 bits per heavy atom. The highest BCUT2D eigenvalue weighted by atomic mass is 16.7. The molecule has 0 aliphatic carbocycles. The zero-order valence-electron chi connectivity index (χ0n) is 11.4. The molecule has 8 nitrogen and oxygen atoms in total. The molecule has 3 aliphatic heterocycles. The lowest BCUT2D eigenvalue weighted by Gasteiger charge is -2.54. The highest BCUT2D eigenvalue weighted by Crippen LogP contribution is 2.41. The quantitative estimate of drug-likeness (QED) is 0.528. The van der Waals surface area contributed by atoms with Crippen LogP contribution in [0.4, 0.5) is 0 Å². The van der Waals surface area contributed by atoms with Crippen LogP contribution in [0.15, 0.2) is 0 Å². The summed E-state index contributed by atoms with van der Waals surface area (Å²) in [6.45, 7) is 0.722. The van der Waals surface area contributed by atoms with Gasteiger partial charge >= 0.3 is 0 Å². The van der Waals surface area contributed by atoms with Crippen LogP contribution in [0.2, 0.25) is 0 Å². The summed E-state index contributed by atoms with van der Waals surface area (Å²) in [5.41, 5.74) is 0. The zero-order chi connectivity index (χ0) is 14.7. The van der Waals surface area contributed by atoms with Crippen molar-refractivity contribution in [3.8, 4) is 0 Å². The molecule has 2 amide bonds. The van der Waals surface area contributed by atoms with Gasteiger partial charge in [-0.3, -0.25) is 9.59 Å². The third kappa shape index (κ3) is 1.62. The fraction of sp³-hybridized carbons (Fsp3) is 0.833. The van der Waals surface area contributed by atoms with Crippen LogP contribution in [0.3, 0.4) is 0 Å². The zero-order valence-corrected chi connectivity index (χ0v) is 11.4. The number of likely N-dealkylation sites (N-methyl/N-ethyl adjacent to an activating group) is 2. The summed E-state index contributed by atoms with van der Waals surface area (Å²) in [5, 5.41) is 20.9. The van der Waals surface area contributed by atoms with Crippen molar-refractivity contribution in [1.82, 2.24) is 9.80 Å². The molecule has 0 aromatic rings. The smallest absolute Gasteiger partial charge is 0.285 e. The van der Waals surface area contributed by atoms with Gasteiger partial charge < -0.3 is 29.5 Å². The fourth-order valence-electron chi connectivity index (χ4n) is 3.00. The number of hydrogen-bond acceptors (Lipinski definition) is 6. The van der Waals surface area contributed by atoms with Crippen LogP contribution >= 0.6 is 0 Å². The molecule has 20 heavy (non-hydrogen) atoms. The van der Waals surface area contributed by atoms with Gasteiger partial charge in [0, 0.05) is 27.2 Å². The SMILES string of the molecule is CN1CCC2OC3(O)C(=O)N(C)CCC3OC2(O)C1=O. The number of piperidine rings is 2. The van der Waals surface area contributed by atoms with E-state index in [4.69, 9.17) is 9.47 Å². The van der Waals surface area contributed by atoms with E-state index in [0.29, 0.717) is 13.1 Å². The van der Waals surface area contributed by atoms with E-state index < -0.39 is 35.6 Å². The standard InChI is InChI=1S/C12H18N2O6/c1-13-5-3-7-11(17,9(13)15)19-8-4-6-14(2)10(16)12(8,18)20-7/h7-8,17-18H,3-6H2,1-2H3. The Morgan fingerprint density at radius 1 is 0.950 bits per heavy atom. The summed E-state index contributed by atoms with van der Waals surface area (Å²) < 4.78 is 10.9. The maximum absolute atomic E-state index is 12.1. The van der Waals surface area contributed by atoms with E-state index in [-0.39, 0.29) is 12.8 Å². The van der Waals surface area contributed by atoms with E-state index in [9.17, 15) is 19.8 Å². The first-order chi connectivity index (χ1) is 9.29. The largest absolute Gasteiger partial charge is 0.356 e. The Labute approximate surface area is 115 Å². The molecule has 0 bridgehead atoms. The molecular weight excluding hydrogens is 268 g/mol. The van der Waals surface area contributed by atoms with E-state index in [1.165, 1.54) is 9.80 Å². The predicted molar refractivity (Wildman–Crippen MR) is 64.2 cm³/mol. The third-order valence-electron chi connectivity index (χ3n) is 4.28. The second kappa shape index (κ2) is 4.14. The number of likely N-dealkylation sites (tertiary alicyclic amines) is 2. The average Bonchev–Trinajstić information content (AvgIpc) is 2.41. The molecule has 3 heterocycles. The van der Waals surface area contributed by atoms with E-state index in [0.717, 1.165) is 0 Å². The summed E-state index contributed by atoms with van der Waals surface area (Å²) in [7, 11) is 3.11. The number of rotatable bonds is 0. The minimum atomic E-state index is -2.12. The van der Waals surface area contributed by atoms with E-state index in [2.05, 4.69) is 0 Å². The Balaban J connectivity index is 1.94. The van der Waals surface area contributed by atoms with Gasteiger partial charge in [0.25, 0.3) is 23.4 Å². The lowest BCUT2D eigenvalue weighted by Crippen LogP contribution is -2.75. The van der Waals surface area contributed by atoms with Crippen molar-refractivity contribution in [3.05, 3.63) is 0 Å². The maximum Gasteiger partial charge on any atom is 0.285 e. The fourth-order valence-corrected chi connectivity index (χ4v) is 3.00. The molecule has 4 unspecified atom stereocenters. The van der Waals surface area contributed by atoms with Gasteiger partial charge in [-0.2, -0.15) is 0 Å². The molecule has 0 aromatic heterocycles. The summed E-state index contributed by atoms with van der Waals surface area (Å²) in [6, 6.07) is 0. The van der Waals surface area contributed by atoms with Crippen LogP contribution in [-0.4, -0.2) is 82.8 Å². The summed E-state index contributed by atoms with van der Waals surface area (Å²) in [5.74, 6) is -5.47. The second-order valence-electron chi connectivity index (χ2n) is 5.64. The number of ether oxygens (including phenoxy) is 2. The first-order valence-electron chi connectivity index (χ1n) is 6.60. The van der Waals surface area contributed by atoms with Crippen LogP contribution in [-0.2, 0) is 19.1 Å². The van der Waals surface area contributed by atoms with Crippen LogP contribution < -0.4 is 0 Å². The van der Waals surface area contributed by atoms with Crippen LogP contribution in [0.1, 0.15) is 12.8 Å². The van der Waals surface area contributed by atoms with Gasteiger partial charge in [-0.25, -0.2) is 0 Å². The van der Waals surface area contributed by atoms with Crippen LogP contribution in [0, 0.1) is 0 Å². The van der Waals surface area contributed by atoms with Gasteiger partial charge in [-0.05, 0) is 12.8 Å². The summed E-state index contributed by atoms with van der Waals surface area (Å²) in [6.07, 6.45) is -1.54. The molecule has 0 saturated carbocycles. The molecule has 8 heteroatoms. The maximum atomic E-state index is 12.1. The molecule has 0 radical (unpaired) electrons. The van der Waals surface area contributed by atoms with Crippen molar-refractivity contribution in [1.29, 1.82) is 0 Å². The Kier molecular flexibility index (Phi) is 2.85. The number of aliphatic hydroxyl groups is 2. The second-order valence-corrected chi connectivity index (χ2v) is 5.64. The van der Waals surface area contributed by atoms with Crippen LogP contribution in [0.25, 0.3) is 0 Å². The normalized spacial score (nSPS) is 45.2. The summed E-state index contributed by atoms with van der Waals surface area (Å²) in [4.78, 5) is 26.9. The number of fused-ring (bicyclic) bond motifs is 2. The topological polar surface area (TPSA) is 99.5 Å². The third-order valence-corrected chi connectivity index (χ3v) is 4.28. The number of nitrogens with zero attached hydrogens (tertiary/aromatic N) is 2. The van der Waals surface area contributed by atoms with Gasteiger partial charge in [-0.15, -0.1) is 0 Å². The average molecular weight is 286 g/mol.